The van der Waals surface area contributed by atoms with Crippen molar-refractivity contribution in [2.75, 3.05) is 12.4 Å². The molecular formula is C22H22ClNO5. The van der Waals surface area contributed by atoms with Crippen LogP contribution in [0.5, 0.6) is 5.75 Å². The molecule has 7 heteroatoms. The van der Waals surface area contributed by atoms with Crippen LogP contribution in [0.15, 0.2) is 47.1 Å². The molecule has 0 radical (unpaired) electrons. The Morgan fingerprint density at radius 2 is 2.00 bits per heavy atom. The molecule has 0 aliphatic heterocycles. The predicted octanol–water partition coefficient (Wildman–Crippen LogP) is 4.77. The summed E-state index contributed by atoms with van der Waals surface area (Å²) in [5.41, 5.74) is 3.01. The summed E-state index contributed by atoms with van der Waals surface area (Å²) in [6, 6.07) is 10.7. The molecule has 1 heterocycles. The van der Waals surface area contributed by atoms with Crippen LogP contribution in [-0.4, -0.2) is 25.1 Å². The highest BCUT2D eigenvalue weighted by atomic mass is 35.5. The zero-order chi connectivity index (χ0) is 21.0. The number of hydrogen-bond acceptors (Lipinski definition) is 5. The molecule has 0 saturated heterocycles. The van der Waals surface area contributed by atoms with E-state index in [4.69, 9.17) is 25.5 Å². The van der Waals surface area contributed by atoms with Crippen molar-refractivity contribution in [3.05, 3.63) is 58.8 Å². The number of amides is 1. The second kappa shape index (κ2) is 9.01. The summed E-state index contributed by atoms with van der Waals surface area (Å²) in [6.45, 7) is 3.57. The van der Waals surface area contributed by atoms with Crippen LogP contribution in [-0.2, 0) is 27.2 Å². The first-order valence-electron chi connectivity index (χ1n) is 9.24. The summed E-state index contributed by atoms with van der Waals surface area (Å²) in [5, 5.41) is 3.97. The van der Waals surface area contributed by atoms with Gasteiger partial charge >= 0.3 is 5.97 Å². The first kappa shape index (κ1) is 20.7. The normalized spacial score (nSPS) is 11.9. The molecule has 1 N–H and O–H groups in total. The van der Waals surface area contributed by atoms with Gasteiger partial charge in [-0.2, -0.15) is 0 Å². The molecule has 1 amide bonds. The lowest BCUT2D eigenvalue weighted by atomic mass is 10.1. The van der Waals surface area contributed by atoms with E-state index in [9.17, 15) is 9.59 Å². The fourth-order valence-electron chi connectivity index (χ4n) is 2.94. The van der Waals surface area contributed by atoms with Crippen LogP contribution in [0.1, 0.15) is 25.0 Å². The Morgan fingerprint density at radius 3 is 2.72 bits per heavy atom. The monoisotopic (exact) mass is 415 g/mol. The van der Waals surface area contributed by atoms with E-state index in [1.165, 1.54) is 14.0 Å². The Morgan fingerprint density at radius 1 is 1.21 bits per heavy atom. The lowest BCUT2D eigenvalue weighted by molar-refractivity contribution is -0.152. The molecule has 0 aliphatic carbocycles. The molecule has 0 fully saturated rings. The van der Waals surface area contributed by atoms with Crippen LogP contribution in [0, 0.1) is 0 Å². The topological polar surface area (TPSA) is 77.8 Å². The minimum Gasteiger partial charge on any atom is -0.495 e. The van der Waals surface area contributed by atoms with Crippen LogP contribution >= 0.6 is 11.6 Å². The van der Waals surface area contributed by atoms with Crippen molar-refractivity contribution in [3.63, 3.8) is 0 Å². The van der Waals surface area contributed by atoms with Crippen molar-refractivity contribution >= 4 is 40.1 Å². The van der Waals surface area contributed by atoms with E-state index < -0.39 is 18.0 Å². The number of fused-ring (bicyclic) bond motifs is 1. The van der Waals surface area contributed by atoms with Crippen molar-refractivity contribution in [2.45, 2.75) is 32.8 Å². The molecule has 1 aromatic heterocycles. The Kier molecular flexibility index (Phi) is 6.44. The van der Waals surface area contributed by atoms with Crippen LogP contribution in [0.2, 0.25) is 5.02 Å². The Balaban J connectivity index is 1.63. The maximum absolute atomic E-state index is 12.4. The van der Waals surface area contributed by atoms with E-state index in [-0.39, 0.29) is 6.42 Å². The molecule has 6 nitrogen and oxygen atoms in total. The van der Waals surface area contributed by atoms with Gasteiger partial charge in [-0.1, -0.05) is 30.7 Å². The van der Waals surface area contributed by atoms with Gasteiger partial charge in [0, 0.05) is 16.0 Å². The molecular weight excluding hydrogens is 394 g/mol. The van der Waals surface area contributed by atoms with Gasteiger partial charge in [-0.05, 0) is 43.2 Å². The number of esters is 1. The number of anilines is 1. The van der Waals surface area contributed by atoms with Gasteiger partial charge in [-0.25, -0.2) is 0 Å². The molecule has 2 aromatic carbocycles. The number of ether oxygens (including phenoxy) is 2. The van der Waals surface area contributed by atoms with Gasteiger partial charge in [0.1, 0.15) is 11.3 Å². The van der Waals surface area contributed by atoms with Crippen LogP contribution in [0.4, 0.5) is 5.69 Å². The molecule has 0 saturated carbocycles. The van der Waals surface area contributed by atoms with Crippen molar-refractivity contribution < 1.29 is 23.5 Å². The second-order valence-electron chi connectivity index (χ2n) is 6.59. The van der Waals surface area contributed by atoms with Crippen molar-refractivity contribution in [1.82, 2.24) is 0 Å². The molecule has 0 spiro atoms. The summed E-state index contributed by atoms with van der Waals surface area (Å²) in [5.74, 6) is -0.547. The van der Waals surface area contributed by atoms with Gasteiger partial charge in [0.15, 0.2) is 6.10 Å². The van der Waals surface area contributed by atoms with Gasteiger partial charge < -0.3 is 19.2 Å². The Hall–Kier alpha value is -2.99. The van der Waals surface area contributed by atoms with E-state index in [0.29, 0.717) is 16.5 Å². The number of furan rings is 1. The van der Waals surface area contributed by atoms with E-state index in [0.717, 1.165) is 28.5 Å². The highest BCUT2D eigenvalue weighted by Gasteiger charge is 2.21. The van der Waals surface area contributed by atoms with Gasteiger partial charge in [0.25, 0.3) is 5.91 Å². The fraction of sp³-hybridized carbons (Fsp3) is 0.273. The van der Waals surface area contributed by atoms with Crippen LogP contribution < -0.4 is 10.1 Å². The summed E-state index contributed by atoms with van der Waals surface area (Å²) in [7, 11) is 1.49. The number of carbonyl (C=O) groups is 2. The SMILES string of the molecule is CCc1ccc2c(CC(=O)O[C@H](C)C(=O)Nc3cc(Cl)ccc3OC)coc2c1. The average molecular weight is 416 g/mol. The molecule has 3 rings (SSSR count). The third-order valence-corrected chi connectivity index (χ3v) is 4.80. The standard InChI is InChI=1S/C22H22ClNO5/c1-4-14-5-7-17-15(12-28-20(17)9-14)10-21(25)29-13(2)22(26)24-18-11-16(23)6-8-19(18)27-3/h5-9,11-13H,4,10H2,1-3H3,(H,24,26)/t13-/m1/s1. The third-order valence-electron chi connectivity index (χ3n) is 4.56. The second-order valence-corrected chi connectivity index (χ2v) is 7.02. The van der Waals surface area contributed by atoms with Gasteiger partial charge in [-0.3, -0.25) is 9.59 Å². The number of halogens is 1. The maximum Gasteiger partial charge on any atom is 0.311 e. The first-order chi connectivity index (χ1) is 13.9. The predicted molar refractivity (Wildman–Crippen MR) is 111 cm³/mol. The molecule has 1 atom stereocenters. The number of nitrogens with one attached hydrogen (secondary N) is 1. The minimum atomic E-state index is -0.990. The van der Waals surface area contributed by atoms with Crippen LogP contribution in [0.25, 0.3) is 11.0 Å². The first-order valence-corrected chi connectivity index (χ1v) is 9.62. The summed E-state index contributed by atoms with van der Waals surface area (Å²) in [6.07, 6.45) is 1.47. The van der Waals surface area contributed by atoms with Gasteiger partial charge in [-0.15, -0.1) is 0 Å². The van der Waals surface area contributed by atoms with Crippen molar-refractivity contribution in [3.8, 4) is 5.75 Å². The van der Waals surface area contributed by atoms with Crippen LogP contribution in [0.3, 0.4) is 0 Å². The van der Waals surface area contributed by atoms with Gasteiger partial charge in [0.2, 0.25) is 0 Å². The van der Waals surface area contributed by atoms with E-state index in [2.05, 4.69) is 12.2 Å². The zero-order valence-corrected chi connectivity index (χ0v) is 17.2. The number of benzene rings is 2. The number of rotatable bonds is 7. The lowest BCUT2D eigenvalue weighted by Crippen LogP contribution is -2.30. The Labute approximate surface area is 173 Å². The highest BCUT2D eigenvalue weighted by molar-refractivity contribution is 6.31. The molecule has 0 aliphatic rings. The van der Waals surface area contributed by atoms with Crippen molar-refractivity contribution in [2.24, 2.45) is 0 Å². The fourth-order valence-corrected chi connectivity index (χ4v) is 3.12. The van der Waals surface area contributed by atoms with E-state index in [1.54, 1.807) is 24.5 Å². The maximum atomic E-state index is 12.4. The van der Waals surface area contributed by atoms with E-state index in [1.807, 2.05) is 18.2 Å². The molecule has 3 aromatic rings. The Bertz CT molecular complexity index is 1040. The summed E-state index contributed by atoms with van der Waals surface area (Å²) in [4.78, 5) is 24.7. The minimum absolute atomic E-state index is 0.0105. The number of carbonyl (C=O) groups excluding carboxylic acids is 2. The number of hydrogen-bond donors (Lipinski definition) is 1. The average Bonchev–Trinajstić information content (AvgIpc) is 3.09. The van der Waals surface area contributed by atoms with Gasteiger partial charge in [0.05, 0.1) is 25.5 Å². The lowest BCUT2D eigenvalue weighted by Gasteiger charge is -2.15. The molecule has 29 heavy (non-hydrogen) atoms. The van der Waals surface area contributed by atoms with E-state index >= 15 is 0 Å². The highest BCUT2D eigenvalue weighted by Crippen LogP contribution is 2.28. The number of methoxy groups -OCH3 is 1. The summed E-state index contributed by atoms with van der Waals surface area (Å²) >= 11 is 5.97. The zero-order valence-electron chi connectivity index (χ0n) is 16.5. The van der Waals surface area contributed by atoms with Crippen molar-refractivity contribution in [1.29, 1.82) is 0 Å². The third kappa shape index (κ3) is 4.90. The summed E-state index contributed by atoms with van der Waals surface area (Å²) < 4.78 is 16.0. The quantitative estimate of drug-likeness (QED) is 0.562. The molecule has 152 valence electrons. The molecule has 0 bridgehead atoms. The number of aryl methyl sites for hydroxylation is 1. The smallest absolute Gasteiger partial charge is 0.311 e. The molecule has 0 unspecified atom stereocenters. The largest absolute Gasteiger partial charge is 0.495 e.